The molecule has 3 N–H and O–H groups in total. The van der Waals surface area contributed by atoms with E-state index in [-0.39, 0.29) is 30.4 Å². The molecule has 7 heteroatoms. The third-order valence-corrected chi connectivity index (χ3v) is 4.04. The Labute approximate surface area is 127 Å². The van der Waals surface area contributed by atoms with Crippen molar-refractivity contribution in [3.8, 4) is 0 Å². The molecule has 2 amide bonds. The first kappa shape index (κ1) is 14.3. The number of piperazine rings is 1. The normalized spacial score (nSPS) is 25.8. The van der Waals surface area contributed by atoms with E-state index in [9.17, 15) is 9.59 Å². The molecular formula is C14H17ClN4O2. The molecule has 2 aliphatic heterocycles. The van der Waals surface area contributed by atoms with Crippen LogP contribution >= 0.6 is 11.6 Å². The average molecular weight is 309 g/mol. The average Bonchev–Trinajstić information content (AvgIpc) is 2.96. The summed E-state index contributed by atoms with van der Waals surface area (Å²) in [6.07, 6.45) is 0.636. The summed E-state index contributed by atoms with van der Waals surface area (Å²) in [5.41, 5.74) is 7.19. The highest BCUT2D eigenvalue weighted by Crippen LogP contribution is 2.25. The Kier molecular flexibility index (Phi) is 4.10. The zero-order valence-electron chi connectivity index (χ0n) is 11.4. The van der Waals surface area contributed by atoms with Gasteiger partial charge >= 0.3 is 0 Å². The number of nitrogens with zero attached hydrogens (tertiary/aromatic N) is 1. The standard InChI is InChI=1S/C14H17ClN4O2/c15-10-3-1-2-9(6-10)11-7-12(18-17-11)14(21)19-5-4-16-13(20)8-19/h1-3,6,11-12,17-18H,4-5,7-8H2,(H,16,20). The highest BCUT2D eigenvalue weighted by molar-refractivity contribution is 6.30. The number of hydrogen-bond donors (Lipinski definition) is 3. The van der Waals surface area contributed by atoms with Gasteiger partial charge in [0.1, 0.15) is 6.04 Å². The summed E-state index contributed by atoms with van der Waals surface area (Å²) < 4.78 is 0. The molecule has 0 saturated carbocycles. The number of benzene rings is 1. The Hall–Kier alpha value is -1.63. The van der Waals surface area contributed by atoms with E-state index >= 15 is 0 Å². The van der Waals surface area contributed by atoms with Crippen LogP contribution in [0.3, 0.4) is 0 Å². The fraction of sp³-hybridized carbons (Fsp3) is 0.429. The monoisotopic (exact) mass is 308 g/mol. The minimum absolute atomic E-state index is 0.0382. The van der Waals surface area contributed by atoms with Crippen LogP contribution in [0.15, 0.2) is 24.3 Å². The summed E-state index contributed by atoms with van der Waals surface area (Å²) in [6, 6.07) is 7.30. The van der Waals surface area contributed by atoms with Gasteiger partial charge in [-0.1, -0.05) is 23.7 Å². The van der Waals surface area contributed by atoms with Crippen molar-refractivity contribution >= 4 is 23.4 Å². The van der Waals surface area contributed by atoms with Gasteiger partial charge in [-0.2, -0.15) is 0 Å². The van der Waals surface area contributed by atoms with E-state index in [0.29, 0.717) is 24.5 Å². The molecule has 1 aromatic carbocycles. The first-order chi connectivity index (χ1) is 10.1. The molecule has 21 heavy (non-hydrogen) atoms. The van der Waals surface area contributed by atoms with Gasteiger partial charge in [0.05, 0.1) is 6.54 Å². The number of carbonyl (C=O) groups is 2. The summed E-state index contributed by atoms with van der Waals surface area (Å²) in [7, 11) is 0. The largest absolute Gasteiger partial charge is 0.353 e. The smallest absolute Gasteiger partial charge is 0.241 e. The molecule has 0 radical (unpaired) electrons. The molecule has 2 unspecified atom stereocenters. The number of rotatable bonds is 2. The maximum absolute atomic E-state index is 12.4. The van der Waals surface area contributed by atoms with Crippen molar-refractivity contribution in [3.05, 3.63) is 34.9 Å². The minimum Gasteiger partial charge on any atom is -0.353 e. The predicted molar refractivity (Wildman–Crippen MR) is 78.5 cm³/mol. The number of halogens is 1. The van der Waals surface area contributed by atoms with Crippen LogP contribution in [0.5, 0.6) is 0 Å². The molecule has 0 aromatic heterocycles. The highest BCUT2D eigenvalue weighted by Gasteiger charge is 2.34. The molecule has 2 aliphatic rings. The lowest BCUT2D eigenvalue weighted by Crippen LogP contribution is -2.54. The van der Waals surface area contributed by atoms with Gasteiger partial charge in [0, 0.05) is 24.2 Å². The van der Waals surface area contributed by atoms with Crippen molar-refractivity contribution in [2.75, 3.05) is 19.6 Å². The molecule has 3 rings (SSSR count). The number of nitrogens with one attached hydrogen (secondary N) is 3. The number of hydrazine groups is 1. The predicted octanol–water partition coefficient (Wildman–Crippen LogP) is 0.206. The molecule has 0 aliphatic carbocycles. The van der Waals surface area contributed by atoms with Crippen LogP contribution in [-0.4, -0.2) is 42.4 Å². The van der Waals surface area contributed by atoms with Gasteiger partial charge in [-0.15, -0.1) is 0 Å². The van der Waals surface area contributed by atoms with Crippen molar-refractivity contribution in [2.24, 2.45) is 0 Å². The first-order valence-electron chi connectivity index (χ1n) is 6.95. The van der Waals surface area contributed by atoms with Crippen LogP contribution < -0.4 is 16.2 Å². The molecule has 2 fully saturated rings. The van der Waals surface area contributed by atoms with Crippen LogP contribution in [0.1, 0.15) is 18.0 Å². The topological polar surface area (TPSA) is 73.5 Å². The Balaban J connectivity index is 1.64. The second-order valence-corrected chi connectivity index (χ2v) is 5.73. The Bertz CT molecular complexity index is 566. The number of hydrogen-bond acceptors (Lipinski definition) is 4. The molecule has 2 saturated heterocycles. The van der Waals surface area contributed by atoms with Gasteiger partial charge in [-0.3, -0.25) is 9.59 Å². The van der Waals surface area contributed by atoms with Crippen LogP contribution in [-0.2, 0) is 9.59 Å². The highest BCUT2D eigenvalue weighted by atomic mass is 35.5. The van der Waals surface area contributed by atoms with E-state index in [1.807, 2.05) is 24.3 Å². The van der Waals surface area contributed by atoms with Crippen LogP contribution in [0.2, 0.25) is 5.02 Å². The number of carbonyl (C=O) groups excluding carboxylic acids is 2. The maximum atomic E-state index is 12.4. The van der Waals surface area contributed by atoms with Gasteiger partial charge in [0.2, 0.25) is 11.8 Å². The third-order valence-electron chi connectivity index (χ3n) is 3.80. The SMILES string of the molecule is O=C1CN(C(=O)C2CC(c3cccc(Cl)c3)NN2)CCN1. The van der Waals surface area contributed by atoms with E-state index in [1.165, 1.54) is 0 Å². The second kappa shape index (κ2) is 6.01. The molecule has 1 aromatic rings. The fourth-order valence-corrected chi connectivity index (χ4v) is 2.91. The lowest BCUT2D eigenvalue weighted by molar-refractivity contribution is -0.139. The molecule has 6 nitrogen and oxygen atoms in total. The Morgan fingerprint density at radius 1 is 1.33 bits per heavy atom. The minimum atomic E-state index is -0.320. The van der Waals surface area contributed by atoms with Gasteiger partial charge in [0.15, 0.2) is 0 Å². The molecule has 112 valence electrons. The molecule has 0 spiro atoms. The van der Waals surface area contributed by atoms with E-state index in [0.717, 1.165) is 5.56 Å². The molecule has 2 heterocycles. The zero-order chi connectivity index (χ0) is 14.8. The van der Waals surface area contributed by atoms with Crippen molar-refractivity contribution < 1.29 is 9.59 Å². The summed E-state index contributed by atoms with van der Waals surface area (Å²) in [6.45, 7) is 1.21. The molecule has 2 atom stereocenters. The van der Waals surface area contributed by atoms with Crippen molar-refractivity contribution in [1.29, 1.82) is 0 Å². The zero-order valence-corrected chi connectivity index (χ0v) is 12.2. The van der Waals surface area contributed by atoms with Crippen molar-refractivity contribution in [3.63, 3.8) is 0 Å². The van der Waals surface area contributed by atoms with Crippen LogP contribution in [0.4, 0.5) is 0 Å². The van der Waals surface area contributed by atoms with E-state index < -0.39 is 0 Å². The third kappa shape index (κ3) is 3.18. The molecule has 0 bridgehead atoms. The Morgan fingerprint density at radius 3 is 2.95 bits per heavy atom. The lowest BCUT2D eigenvalue weighted by Gasteiger charge is -2.28. The van der Waals surface area contributed by atoms with Crippen LogP contribution in [0.25, 0.3) is 0 Å². The van der Waals surface area contributed by atoms with Gasteiger partial charge in [-0.25, -0.2) is 10.9 Å². The summed E-state index contributed by atoms with van der Waals surface area (Å²) in [5.74, 6) is -0.145. The lowest BCUT2D eigenvalue weighted by atomic mass is 10.0. The summed E-state index contributed by atoms with van der Waals surface area (Å²) in [4.78, 5) is 25.4. The quantitative estimate of drug-likeness (QED) is 0.730. The van der Waals surface area contributed by atoms with Crippen molar-refractivity contribution in [2.45, 2.75) is 18.5 Å². The summed E-state index contributed by atoms with van der Waals surface area (Å²) >= 11 is 5.99. The second-order valence-electron chi connectivity index (χ2n) is 5.29. The van der Waals surface area contributed by atoms with E-state index in [4.69, 9.17) is 11.6 Å². The van der Waals surface area contributed by atoms with Gasteiger partial charge in [-0.05, 0) is 24.1 Å². The first-order valence-corrected chi connectivity index (χ1v) is 7.33. The fourth-order valence-electron chi connectivity index (χ4n) is 2.71. The van der Waals surface area contributed by atoms with E-state index in [2.05, 4.69) is 16.2 Å². The van der Waals surface area contributed by atoms with Crippen molar-refractivity contribution in [1.82, 2.24) is 21.1 Å². The van der Waals surface area contributed by atoms with Gasteiger partial charge in [0.25, 0.3) is 0 Å². The van der Waals surface area contributed by atoms with E-state index in [1.54, 1.807) is 4.90 Å². The van der Waals surface area contributed by atoms with Crippen LogP contribution in [0, 0.1) is 0 Å². The van der Waals surface area contributed by atoms with Gasteiger partial charge < -0.3 is 10.2 Å². The summed E-state index contributed by atoms with van der Waals surface area (Å²) in [5, 5.41) is 3.39. The molecular weight excluding hydrogens is 292 g/mol. The number of amides is 2. The Morgan fingerprint density at radius 2 is 2.19 bits per heavy atom. The maximum Gasteiger partial charge on any atom is 0.241 e.